The van der Waals surface area contributed by atoms with E-state index in [1.807, 2.05) is 12.3 Å². The molecular weight excluding hydrogens is 202 g/mol. The van der Waals surface area contributed by atoms with Crippen LogP contribution < -0.4 is 10.6 Å². The summed E-state index contributed by atoms with van der Waals surface area (Å²) in [5.74, 6) is 0.524. The number of hydrogen-bond acceptors (Lipinski definition) is 4. The fourth-order valence-electron chi connectivity index (χ4n) is 2.43. The van der Waals surface area contributed by atoms with Gasteiger partial charge < -0.3 is 15.7 Å². The van der Waals surface area contributed by atoms with Crippen LogP contribution in [0.3, 0.4) is 0 Å². The summed E-state index contributed by atoms with van der Waals surface area (Å²) < 4.78 is 0. The van der Waals surface area contributed by atoms with Crippen molar-refractivity contribution < 1.29 is 5.11 Å². The Bertz CT molecular complexity index is 356. The minimum Gasteiger partial charge on any atom is -0.394 e. The van der Waals surface area contributed by atoms with Gasteiger partial charge in [0.15, 0.2) is 0 Å². The Morgan fingerprint density at radius 3 is 3.12 bits per heavy atom. The number of rotatable bonds is 3. The lowest BCUT2D eigenvalue weighted by Gasteiger charge is -2.28. The Kier molecular flexibility index (Phi) is 3.41. The molecule has 1 aromatic rings. The molecule has 2 heterocycles. The summed E-state index contributed by atoms with van der Waals surface area (Å²) in [5, 5.41) is 9.44. The zero-order chi connectivity index (χ0) is 11.5. The average molecular weight is 221 g/mol. The lowest BCUT2D eigenvalue weighted by Crippen LogP contribution is -2.36. The first-order valence-corrected chi connectivity index (χ1v) is 5.78. The Hall–Kier alpha value is -1.13. The monoisotopic (exact) mass is 221 g/mol. The Morgan fingerprint density at radius 2 is 2.44 bits per heavy atom. The molecule has 0 saturated carbocycles. The van der Waals surface area contributed by atoms with E-state index in [2.05, 4.69) is 16.8 Å². The molecule has 2 atom stereocenters. The van der Waals surface area contributed by atoms with Crippen LogP contribution in [-0.4, -0.2) is 29.3 Å². The summed E-state index contributed by atoms with van der Waals surface area (Å²) in [5.41, 5.74) is 7.90. The van der Waals surface area contributed by atoms with E-state index in [1.54, 1.807) is 6.20 Å². The van der Waals surface area contributed by atoms with Gasteiger partial charge in [0.1, 0.15) is 0 Å². The largest absolute Gasteiger partial charge is 0.394 e. The second-order valence-corrected chi connectivity index (χ2v) is 4.42. The normalized spacial score (nSPS) is 25.1. The van der Waals surface area contributed by atoms with Gasteiger partial charge in [0, 0.05) is 19.3 Å². The fraction of sp³-hybridized carbons (Fsp3) is 0.583. The second-order valence-electron chi connectivity index (χ2n) is 4.42. The molecule has 4 heteroatoms. The predicted molar refractivity (Wildman–Crippen MR) is 64.1 cm³/mol. The zero-order valence-corrected chi connectivity index (χ0v) is 9.63. The van der Waals surface area contributed by atoms with Crippen LogP contribution in [0.1, 0.15) is 18.9 Å². The lowest BCUT2D eigenvalue weighted by atomic mass is 10.0. The van der Waals surface area contributed by atoms with Gasteiger partial charge in [-0.1, -0.05) is 6.92 Å². The van der Waals surface area contributed by atoms with Crippen molar-refractivity contribution in [3.05, 3.63) is 24.0 Å². The van der Waals surface area contributed by atoms with Gasteiger partial charge in [-0.15, -0.1) is 0 Å². The summed E-state index contributed by atoms with van der Waals surface area (Å²) in [6.07, 6.45) is 4.73. The van der Waals surface area contributed by atoms with Crippen molar-refractivity contribution >= 4 is 5.69 Å². The maximum atomic E-state index is 9.44. The Morgan fingerprint density at radius 1 is 1.62 bits per heavy atom. The molecule has 0 spiro atoms. The fourth-order valence-corrected chi connectivity index (χ4v) is 2.43. The maximum absolute atomic E-state index is 9.44. The minimum absolute atomic E-state index is 0.195. The first-order valence-electron chi connectivity index (χ1n) is 5.78. The minimum atomic E-state index is 0.195. The number of nitrogens with zero attached hydrogens (tertiary/aromatic N) is 2. The molecule has 16 heavy (non-hydrogen) atoms. The van der Waals surface area contributed by atoms with E-state index in [9.17, 15) is 5.11 Å². The van der Waals surface area contributed by atoms with Crippen LogP contribution in [0.2, 0.25) is 0 Å². The standard InChI is InChI=1S/C12H19N3O/c1-9-3-5-15(12(9)8-16)11-7-14-4-2-10(11)6-13/h2,4,7,9,12,16H,3,5-6,8,13H2,1H3. The van der Waals surface area contributed by atoms with Gasteiger partial charge in [0.2, 0.25) is 0 Å². The smallest absolute Gasteiger partial charge is 0.0637 e. The van der Waals surface area contributed by atoms with E-state index in [1.165, 1.54) is 0 Å². The molecule has 4 nitrogen and oxygen atoms in total. The van der Waals surface area contributed by atoms with Gasteiger partial charge in [-0.25, -0.2) is 0 Å². The third-order valence-electron chi connectivity index (χ3n) is 3.49. The van der Waals surface area contributed by atoms with Crippen LogP contribution in [-0.2, 0) is 6.54 Å². The van der Waals surface area contributed by atoms with Gasteiger partial charge in [0.25, 0.3) is 0 Å². The van der Waals surface area contributed by atoms with Gasteiger partial charge in [0.05, 0.1) is 24.5 Å². The molecule has 0 radical (unpaired) electrons. The van der Waals surface area contributed by atoms with Crippen molar-refractivity contribution in [2.24, 2.45) is 11.7 Å². The summed E-state index contributed by atoms with van der Waals surface area (Å²) >= 11 is 0. The molecule has 1 aromatic heterocycles. The van der Waals surface area contributed by atoms with Gasteiger partial charge in [-0.05, 0) is 24.0 Å². The van der Waals surface area contributed by atoms with E-state index in [0.29, 0.717) is 12.5 Å². The highest BCUT2D eigenvalue weighted by atomic mass is 16.3. The molecule has 2 rings (SSSR count). The molecular formula is C12H19N3O. The molecule has 1 aliphatic rings. The zero-order valence-electron chi connectivity index (χ0n) is 9.63. The first kappa shape index (κ1) is 11.4. The molecule has 88 valence electrons. The number of nitrogens with two attached hydrogens (primary N) is 1. The molecule has 0 bridgehead atoms. The second kappa shape index (κ2) is 4.80. The number of aliphatic hydroxyl groups is 1. The van der Waals surface area contributed by atoms with Crippen molar-refractivity contribution in [3.8, 4) is 0 Å². The number of aliphatic hydroxyl groups excluding tert-OH is 1. The summed E-state index contributed by atoms with van der Waals surface area (Å²) in [7, 11) is 0. The highest BCUT2D eigenvalue weighted by Crippen LogP contribution is 2.30. The van der Waals surface area contributed by atoms with E-state index in [4.69, 9.17) is 5.73 Å². The van der Waals surface area contributed by atoms with Crippen LogP contribution in [0, 0.1) is 5.92 Å². The summed E-state index contributed by atoms with van der Waals surface area (Å²) in [6.45, 7) is 3.87. The Labute approximate surface area is 96.1 Å². The number of anilines is 1. The summed E-state index contributed by atoms with van der Waals surface area (Å²) in [6, 6.07) is 2.15. The number of pyridine rings is 1. The van der Waals surface area contributed by atoms with E-state index >= 15 is 0 Å². The molecule has 1 saturated heterocycles. The van der Waals surface area contributed by atoms with Crippen molar-refractivity contribution in [2.45, 2.75) is 25.9 Å². The first-order chi connectivity index (χ1) is 7.77. The van der Waals surface area contributed by atoms with Crippen molar-refractivity contribution in [2.75, 3.05) is 18.1 Å². The molecule has 1 fully saturated rings. The van der Waals surface area contributed by atoms with Crippen molar-refractivity contribution in [1.82, 2.24) is 4.98 Å². The molecule has 1 aliphatic heterocycles. The highest BCUT2D eigenvalue weighted by Gasteiger charge is 2.31. The summed E-state index contributed by atoms with van der Waals surface area (Å²) in [4.78, 5) is 6.39. The van der Waals surface area contributed by atoms with Gasteiger partial charge >= 0.3 is 0 Å². The molecule has 0 aliphatic carbocycles. The van der Waals surface area contributed by atoms with Crippen molar-refractivity contribution in [1.29, 1.82) is 0 Å². The molecule has 0 amide bonds. The van der Waals surface area contributed by atoms with Crippen LogP contribution in [0.25, 0.3) is 0 Å². The molecule has 3 N–H and O–H groups in total. The third-order valence-corrected chi connectivity index (χ3v) is 3.49. The third kappa shape index (κ3) is 1.90. The average Bonchev–Trinajstić information content (AvgIpc) is 2.70. The number of hydrogen-bond donors (Lipinski definition) is 2. The van der Waals surface area contributed by atoms with Gasteiger partial charge in [-0.3, -0.25) is 4.98 Å². The van der Waals surface area contributed by atoms with Crippen LogP contribution in [0.5, 0.6) is 0 Å². The predicted octanol–water partition coefficient (Wildman–Crippen LogP) is 0.747. The van der Waals surface area contributed by atoms with Crippen LogP contribution in [0.4, 0.5) is 5.69 Å². The quantitative estimate of drug-likeness (QED) is 0.790. The highest BCUT2D eigenvalue weighted by molar-refractivity contribution is 5.53. The lowest BCUT2D eigenvalue weighted by molar-refractivity contribution is 0.244. The molecule has 0 aromatic carbocycles. The van der Waals surface area contributed by atoms with Crippen molar-refractivity contribution in [3.63, 3.8) is 0 Å². The molecule has 2 unspecified atom stereocenters. The SMILES string of the molecule is CC1CCN(c2cnccc2CN)C1CO. The maximum Gasteiger partial charge on any atom is 0.0637 e. The van der Waals surface area contributed by atoms with Gasteiger partial charge in [-0.2, -0.15) is 0 Å². The topological polar surface area (TPSA) is 62.4 Å². The number of aromatic nitrogens is 1. The Balaban J connectivity index is 2.29. The van der Waals surface area contributed by atoms with E-state index in [-0.39, 0.29) is 12.6 Å². The van der Waals surface area contributed by atoms with Crippen LogP contribution in [0.15, 0.2) is 18.5 Å². The van der Waals surface area contributed by atoms with Crippen LogP contribution >= 0.6 is 0 Å². The van der Waals surface area contributed by atoms with E-state index in [0.717, 1.165) is 24.2 Å². The van der Waals surface area contributed by atoms with E-state index < -0.39 is 0 Å².